The van der Waals surface area contributed by atoms with E-state index in [0.29, 0.717) is 16.7 Å². The lowest BCUT2D eigenvalue weighted by atomic mass is 10.1. The molecule has 0 fully saturated rings. The molecule has 2 N–H and O–H groups in total. The van der Waals surface area contributed by atoms with Crippen molar-refractivity contribution in [1.82, 2.24) is 9.62 Å². The smallest absolute Gasteiger partial charge is 0.344 e. The standard InChI is InChI=1S/C21H20N2O7S/c1-2-29-19(26)11-30-14-4-6-17(24)16(8-14)18(25)10-23-9-13-7-12(20(27)22-31)3-5-15(13)21(23)28/h3-8,24,31H,2,9-11H2,1H3,(H,22,27). The molecule has 0 atom stereocenters. The predicted octanol–water partition coefficient (Wildman–Crippen LogP) is 1.75. The maximum Gasteiger partial charge on any atom is 0.344 e. The minimum atomic E-state index is -0.560. The Hall–Kier alpha value is -3.53. The molecule has 0 aromatic heterocycles. The number of rotatable bonds is 8. The average molecular weight is 444 g/mol. The van der Waals surface area contributed by atoms with Crippen molar-refractivity contribution in [3.8, 4) is 11.5 Å². The van der Waals surface area contributed by atoms with Crippen LogP contribution in [0.4, 0.5) is 0 Å². The molecule has 0 bridgehead atoms. The number of nitrogens with zero attached hydrogens (tertiary/aromatic N) is 1. The van der Waals surface area contributed by atoms with Crippen LogP contribution in [0.1, 0.15) is 43.6 Å². The minimum absolute atomic E-state index is 0.0414. The number of fused-ring (bicyclic) bond motifs is 1. The number of hydrogen-bond acceptors (Lipinski definition) is 8. The molecule has 9 nitrogen and oxygen atoms in total. The van der Waals surface area contributed by atoms with E-state index >= 15 is 0 Å². The number of ketones is 1. The Morgan fingerprint density at radius 3 is 2.68 bits per heavy atom. The molecule has 31 heavy (non-hydrogen) atoms. The molecule has 1 aliphatic rings. The van der Waals surface area contributed by atoms with Gasteiger partial charge in [-0.15, -0.1) is 0 Å². The van der Waals surface area contributed by atoms with Gasteiger partial charge in [-0.3, -0.25) is 19.1 Å². The summed E-state index contributed by atoms with van der Waals surface area (Å²) < 4.78 is 12.3. The van der Waals surface area contributed by atoms with Crippen LogP contribution in [0.2, 0.25) is 0 Å². The number of carbonyl (C=O) groups excluding carboxylic acids is 4. The van der Waals surface area contributed by atoms with Gasteiger partial charge < -0.3 is 19.5 Å². The summed E-state index contributed by atoms with van der Waals surface area (Å²) in [5, 5.41) is 10.1. The van der Waals surface area contributed by atoms with E-state index in [0.717, 1.165) is 0 Å². The van der Waals surface area contributed by atoms with Crippen LogP contribution in [-0.2, 0) is 16.1 Å². The number of hydrogen-bond donors (Lipinski definition) is 3. The van der Waals surface area contributed by atoms with E-state index in [1.54, 1.807) is 13.0 Å². The molecule has 1 aliphatic heterocycles. The van der Waals surface area contributed by atoms with Crippen LogP contribution >= 0.6 is 12.8 Å². The summed E-state index contributed by atoms with van der Waals surface area (Å²) in [6.07, 6.45) is 0. The van der Waals surface area contributed by atoms with Crippen molar-refractivity contribution in [3.63, 3.8) is 0 Å². The fourth-order valence-corrected chi connectivity index (χ4v) is 3.28. The normalized spacial score (nSPS) is 12.3. The van der Waals surface area contributed by atoms with Gasteiger partial charge in [-0.25, -0.2) is 4.79 Å². The van der Waals surface area contributed by atoms with E-state index in [1.165, 1.54) is 35.2 Å². The number of nitrogens with one attached hydrogen (secondary N) is 1. The van der Waals surface area contributed by atoms with Crippen molar-refractivity contribution in [1.29, 1.82) is 0 Å². The number of aromatic hydroxyl groups is 1. The van der Waals surface area contributed by atoms with Crippen molar-refractivity contribution in [2.45, 2.75) is 13.5 Å². The van der Waals surface area contributed by atoms with E-state index in [9.17, 15) is 24.3 Å². The van der Waals surface area contributed by atoms with Gasteiger partial charge in [0.05, 0.1) is 18.7 Å². The molecule has 3 rings (SSSR count). The molecule has 0 unspecified atom stereocenters. The van der Waals surface area contributed by atoms with Crippen molar-refractivity contribution in [2.75, 3.05) is 19.8 Å². The fourth-order valence-electron chi connectivity index (χ4n) is 3.15. The van der Waals surface area contributed by atoms with E-state index in [-0.39, 0.29) is 49.3 Å². The average Bonchev–Trinajstić information content (AvgIpc) is 3.07. The van der Waals surface area contributed by atoms with Crippen molar-refractivity contribution in [3.05, 3.63) is 58.7 Å². The molecule has 0 spiro atoms. The second-order valence-corrected chi connectivity index (χ2v) is 6.89. The fraction of sp³-hybridized carbons (Fsp3) is 0.238. The monoisotopic (exact) mass is 444 g/mol. The van der Waals surface area contributed by atoms with Crippen molar-refractivity contribution < 1.29 is 33.8 Å². The van der Waals surface area contributed by atoms with Crippen LogP contribution in [0.5, 0.6) is 11.5 Å². The lowest BCUT2D eigenvalue weighted by molar-refractivity contribution is -0.145. The maximum absolute atomic E-state index is 12.8. The molecule has 2 amide bonds. The summed E-state index contributed by atoms with van der Waals surface area (Å²) in [5.74, 6) is -1.89. The Kier molecular flexibility index (Phi) is 6.81. The highest BCUT2D eigenvalue weighted by molar-refractivity contribution is 7.78. The third kappa shape index (κ3) is 4.97. The number of thiol groups is 1. The number of esters is 1. The third-order valence-electron chi connectivity index (χ3n) is 4.61. The van der Waals surface area contributed by atoms with Gasteiger partial charge in [0.25, 0.3) is 11.8 Å². The molecule has 2 aromatic carbocycles. The van der Waals surface area contributed by atoms with Gasteiger partial charge in [0.1, 0.15) is 11.5 Å². The summed E-state index contributed by atoms with van der Waals surface area (Å²) in [7, 11) is 0. The van der Waals surface area contributed by atoms with Gasteiger partial charge in [-0.1, -0.05) is 12.8 Å². The molecular weight excluding hydrogens is 424 g/mol. The minimum Gasteiger partial charge on any atom is -0.507 e. The van der Waals surface area contributed by atoms with Crippen LogP contribution in [0.15, 0.2) is 36.4 Å². The van der Waals surface area contributed by atoms with Gasteiger partial charge in [-0.05, 0) is 48.9 Å². The van der Waals surface area contributed by atoms with Crippen LogP contribution in [0, 0.1) is 0 Å². The molecule has 2 aromatic rings. The molecule has 0 radical (unpaired) electrons. The summed E-state index contributed by atoms with van der Waals surface area (Å²) in [5.41, 5.74) is 1.32. The highest BCUT2D eigenvalue weighted by Gasteiger charge is 2.30. The van der Waals surface area contributed by atoms with E-state index in [2.05, 4.69) is 17.5 Å². The first-order valence-electron chi connectivity index (χ1n) is 9.35. The highest BCUT2D eigenvalue weighted by Crippen LogP contribution is 2.27. The SMILES string of the molecule is CCOC(=O)COc1ccc(O)c(C(=O)CN2Cc3cc(C(=O)NS)ccc3C2=O)c1. The largest absolute Gasteiger partial charge is 0.507 e. The number of amides is 2. The van der Waals surface area contributed by atoms with Gasteiger partial charge in [-0.2, -0.15) is 0 Å². The Morgan fingerprint density at radius 2 is 1.97 bits per heavy atom. The number of phenolic OH excluding ortho intramolecular Hbond substituents is 1. The summed E-state index contributed by atoms with van der Waals surface area (Å²) in [6.45, 7) is 1.41. The molecule has 0 saturated carbocycles. The van der Waals surface area contributed by atoms with Gasteiger partial charge in [0.2, 0.25) is 0 Å². The first-order valence-corrected chi connectivity index (χ1v) is 9.80. The number of Topliss-reactive ketones (excluding diaryl/α,β-unsaturated/α-hetero) is 1. The van der Waals surface area contributed by atoms with E-state index < -0.39 is 17.7 Å². The molecule has 10 heteroatoms. The zero-order chi connectivity index (χ0) is 22.5. The molecule has 162 valence electrons. The highest BCUT2D eigenvalue weighted by atomic mass is 32.1. The summed E-state index contributed by atoms with van der Waals surface area (Å²) in [6, 6.07) is 8.60. The predicted molar refractivity (Wildman–Crippen MR) is 112 cm³/mol. The van der Waals surface area contributed by atoms with Crippen molar-refractivity contribution in [2.24, 2.45) is 0 Å². The van der Waals surface area contributed by atoms with Crippen molar-refractivity contribution >= 4 is 36.4 Å². The van der Waals surface area contributed by atoms with E-state index in [1.807, 2.05) is 0 Å². The molecular formula is C21H20N2O7S. The van der Waals surface area contributed by atoms with Crippen LogP contribution < -0.4 is 9.46 Å². The molecule has 1 heterocycles. The van der Waals surface area contributed by atoms with Crippen LogP contribution in [0.3, 0.4) is 0 Å². The second kappa shape index (κ2) is 9.52. The Balaban J connectivity index is 1.71. The Bertz CT molecular complexity index is 1050. The van der Waals surface area contributed by atoms with Gasteiger partial charge in [0.15, 0.2) is 12.4 Å². The quantitative estimate of drug-likeness (QED) is 0.322. The number of phenols is 1. The van der Waals surface area contributed by atoms with Gasteiger partial charge >= 0.3 is 5.97 Å². The zero-order valence-electron chi connectivity index (χ0n) is 16.6. The Morgan fingerprint density at radius 1 is 1.19 bits per heavy atom. The molecule has 0 aliphatic carbocycles. The molecule has 0 saturated heterocycles. The Labute approximate surface area is 183 Å². The summed E-state index contributed by atoms with van der Waals surface area (Å²) in [4.78, 5) is 49.9. The third-order valence-corrected chi connectivity index (χ3v) is 4.82. The van der Waals surface area contributed by atoms with Crippen LogP contribution in [-0.4, -0.2) is 53.3 Å². The first-order chi connectivity index (χ1) is 14.8. The lowest BCUT2D eigenvalue weighted by Gasteiger charge is -2.15. The lowest BCUT2D eigenvalue weighted by Crippen LogP contribution is -2.30. The number of benzene rings is 2. The number of ether oxygens (including phenoxy) is 2. The maximum atomic E-state index is 12.8. The zero-order valence-corrected chi connectivity index (χ0v) is 17.5. The van der Waals surface area contributed by atoms with E-state index in [4.69, 9.17) is 9.47 Å². The summed E-state index contributed by atoms with van der Waals surface area (Å²) >= 11 is 3.73. The number of carbonyl (C=O) groups is 4. The van der Waals surface area contributed by atoms with Gasteiger partial charge in [0, 0.05) is 17.7 Å². The van der Waals surface area contributed by atoms with Crippen LogP contribution in [0.25, 0.3) is 0 Å². The topological polar surface area (TPSA) is 122 Å². The first kappa shape index (κ1) is 22.2. The second-order valence-electron chi connectivity index (χ2n) is 6.67.